The number of nitrogens with one attached hydrogen (secondary N) is 1. The molecule has 1 fully saturated rings. The van der Waals surface area contributed by atoms with Crippen LogP contribution in [-0.4, -0.2) is 45.4 Å². The Balaban J connectivity index is 1.81. The quantitative estimate of drug-likeness (QED) is 0.449. The van der Waals surface area contributed by atoms with E-state index in [0.29, 0.717) is 24.7 Å². The number of carbonyl (C=O) groups excluding carboxylic acids is 1. The van der Waals surface area contributed by atoms with Crippen molar-refractivity contribution in [3.8, 4) is 5.95 Å². The zero-order valence-electron chi connectivity index (χ0n) is 20.7. The van der Waals surface area contributed by atoms with Gasteiger partial charge in [-0.1, -0.05) is 6.92 Å². The number of aryl methyl sites for hydroxylation is 2. The van der Waals surface area contributed by atoms with Gasteiger partial charge in [-0.3, -0.25) is 0 Å². The lowest BCUT2D eigenvalue weighted by molar-refractivity contribution is -0.137. The summed E-state index contributed by atoms with van der Waals surface area (Å²) in [7, 11) is 0. The number of ether oxygens (including phenoxy) is 1. The number of carbonyl (C=O) groups is 1. The Hall–Kier alpha value is -3.63. The highest BCUT2D eigenvalue weighted by Crippen LogP contribution is 2.38. The molecule has 0 spiro atoms. The summed E-state index contributed by atoms with van der Waals surface area (Å²) in [6, 6.07) is 5.44. The molecule has 1 aliphatic heterocycles. The number of benzene rings is 1. The maximum Gasteiger partial charge on any atom is 0.416 e. The number of halogens is 3. The Morgan fingerprint density at radius 2 is 1.92 bits per heavy atom. The van der Waals surface area contributed by atoms with Gasteiger partial charge in [0.1, 0.15) is 5.56 Å². The zero-order valence-corrected chi connectivity index (χ0v) is 20.7. The van der Waals surface area contributed by atoms with Gasteiger partial charge in [0, 0.05) is 25.0 Å². The molecule has 1 aromatic carbocycles. The van der Waals surface area contributed by atoms with Gasteiger partial charge in [-0.15, -0.1) is 0 Å². The molecule has 3 heterocycles. The first-order valence-electron chi connectivity index (χ1n) is 11.9. The molecule has 1 saturated heterocycles. The molecule has 0 bridgehead atoms. The monoisotopic (exact) mass is 502 g/mol. The predicted molar refractivity (Wildman–Crippen MR) is 130 cm³/mol. The Bertz CT molecular complexity index is 1250. The molecule has 2 aromatic heterocycles. The van der Waals surface area contributed by atoms with E-state index in [2.05, 4.69) is 32.2 Å². The SMILES string of the molecule is CCOC(=O)c1cnc(-n2nc(C)cc2C)nc1Nc1cc(C(F)(F)F)ccc1N1CCC(C)CC1. The number of hydrogen-bond donors (Lipinski definition) is 1. The molecule has 1 aliphatic rings. The Morgan fingerprint density at radius 3 is 2.53 bits per heavy atom. The molecular formula is C25H29F3N6O2. The molecule has 36 heavy (non-hydrogen) atoms. The lowest BCUT2D eigenvalue weighted by Gasteiger charge is -2.33. The van der Waals surface area contributed by atoms with Gasteiger partial charge < -0.3 is 15.0 Å². The van der Waals surface area contributed by atoms with E-state index in [1.165, 1.54) is 16.9 Å². The summed E-state index contributed by atoms with van der Waals surface area (Å²) < 4.78 is 47.5. The van der Waals surface area contributed by atoms with E-state index >= 15 is 0 Å². The third-order valence-electron chi connectivity index (χ3n) is 6.17. The molecule has 0 atom stereocenters. The third kappa shape index (κ3) is 5.44. The molecule has 0 saturated carbocycles. The molecule has 3 aromatic rings. The van der Waals surface area contributed by atoms with Crippen molar-refractivity contribution < 1.29 is 22.7 Å². The van der Waals surface area contributed by atoms with Crippen molar-refractivity contribution >= 4 is 23.2 Å². The normalized spacial score (nSPS) is 14.7. The molecule has 0 amide bonds. The van der Waals surface area contributed by atoms with E-state index < -0.39 is 17.7 Å². The van der Waals surface area contributed by atoms with E-state index in [-0.39, 0.29) is 29.6 Å². The number of nitrogens with zero attached hydrogens (tertiary/aromatic N) is 5. The molecular weight excluding hydrogens is 473 g/mol. The number of aromatic nitrogens is 4. The topological polar surface area (TPSA) is 85.2 Å². The summed E-state index contributed by atoms with van der Waals surface area (Å²) in [6.45, 7) is 9.04. The van der Waals surface area contributed by atoms with Crippen molar-refractivity contribution in [1.29, 1.82) is 0 Å². The van der Waals surface area contributed by atoms with Gasteiger partial charge in [0.2, 0.25) is 0 Å². The van der Waals surface area contributed by atoms with Crippen molar-refractivity contribution in [1.82, 2.24) is 19.7 Å². The molecule has 0 unspecified atom stereocenters. The van der Waals surface area contributed by atoms with Gasteiger partial charge in [0.25, 0.3) is 5.95 Å². The summed E-state index contributed by atoms with van der Waals surface area (Å²) >= 11 is 0. The van der Waals surface area contributed by atoms with E-state index in [4.69, 9.17) is 4.74 Å². The zero-order chi connectivity index (χ0) is 26.0. The van der Waals surface area contributed by atoms with Crippen LogP contribution in [-0.2, 0) is 10.9 Å². The first-order valence-corrected chi connectivity index (χ1v) is 11.9. The molecule has 11 heteroatoms. The van der Waals surface area contributed by atoms with Crippen LogP contribution in [0.15, 0.2) is 30.5 Å². The second kappa shape index (κ2) is 10.2. The highest BCUT2D eigenvalue weighted by molar-refractivity contribution is 5.96. The van der Waals surface area contributed by atoms with Crippen molar-refractivity contribution in [2.24, 2.45) is 5.92 Å². The van der Waals surface area contributed by atoms with Crippen LogP contribution in [0.25, 0.3) is 5.95 Å². The van der Waals surface area contributed by atoms with Crippen LogP contribution in [0, 0.1) is 19.8 Å². The first kappa shape index (κ1) is 25.5. The second-order valence-corrected chi connectivity index (χ2v) is 9.02. The highest BCUT2D eigenvalue weighted by atomic mass is 19.4. The van der Waals surface area contributed by atoms with E-state index in [1.54, 1.807) is 6.92 Å². The maximum absolute atomic E-state index is 13.6. The smallest absolute Gasteiger partial charge is 0.416 e. The van der Waals surface area contributed by atoms with E-state index in [1.807, 2.05) is 19.9 Å². The van der Waals surface area contributed by atoms with Gasteiger partial charge in [-0.05, 0) is 63.8 Å². The molecule has 192 valence electrons. The van der Waals surface area contributed by atoms with Crippen LogP contribution < -0.4 is 10.2 Å². The minimum atomic E-state index is -4.53. The molecule has 1 N–H and O–H groups in total. The Morgan fingerprint density at radius 1 is 1.19 bits per heavy atom. The number of anilines is 3. The van der Waals surface area contributed by atoms with Gasteiger partial charge in [0.05, 0.1) is 29.2 Å². The average Bonchev–Trinajstić information content (AvgIpc) is 3.17. The predicted octanol–water partition coefficient (Wildman–Crippen LogP) is 5.45. The lowest BCUT2D eigenvalue weighted by atomic mass is 9.98. The van der Waals surface area contributed by atoms with Crippen LogP contribution >= 0.6 is 0 Å². The molecule has 8 nitrogen and oxygen atoms in total. The average molecular weight is 503 g/mol. The fraction of sp³-hybridized carbons (Fsp3) is 0.440. The van der Waals surface area contributed by atoms with Gasteiger partial charge >= 0.3 is 12.1 Å². The number of hydrogen-bond acceptors (Lipinski definition) is 7. The van der Waals surface area contributed by atoms with Crippen LogP contribution in [0.1, 0.15) is 54.0 Å². The van der Waals surface area contributed by atoms with Gasteiger partial charge in [-0.25, -0.2) is 14.5 Å². The fourth-order valence-corrected chi connectivity index (χ4v) is 4.22. The summed E-state index contributed by atoms with van der Waals surface area (Å²) in [4.78, 5) is 23.5. The fourth-order valence-electron chi connectivity index (χ4n) is 4.22. The van der Waals surface area contributed by atoms with Crippen molar-refractivity contribution in [2.45, 2.75) is 46.7 Å². The van der Waals surface area contributed by atoms with E-state index in [0.717, 1.165) is 36.4 Å². The standard InChI is InChI=1S/C25H29F3N6O2/c1-5-36-23(35)19-14-29-24(34-17(4)12-16(3)32-34)31-22(19)30-20-13-18(25(26,27)28)6-7-21(20)33-10-8-15(2)9-11-33/h6-7,12-15H,5,8-11H2,1-4H3,(H,29,30,31). The number of alkyl halides is 3. The highest BCUT2D eigenvalue weighted by Gasteiger charge is 2.32. The maximum atomic E-state index is 13.6. The van der Waals surface area contributed by atoms with Crippen molar-refractivity contribution in [3.63, 3.8) is 0 Å². The summed E-state index contributed by atoms with van der Waals surface area (Å²) in [5, 5.41) is 7.38. The van der Waals surface area contributed by atoms with Crippen LogP contribution in [0.5, 0.6) is 0 Å². The Kier molecular flexibility index (Phi) is 7.18. The van der Waals surface area contributed by atoms with E-state index in [9.17, 15) is 18.0 Å². The van der Waals surface area contributed by atoms with Gasteiger partial charge in [0.15, 0.2) is 5.82 Å². The molecule has 0 aliphatic carbocycles. The number of rotatable bonds is 6. The molecule has 0 radical (unpaired) electrons. The third-order valence-corrected chi connectivity index (χ3v) is 6.17. The van der Waals surface area contributed by atoms with Crippen LogP contribution in [0.4, 0.5) is 30.4 Å². The largest absolute Gasteiger partial charge is 0.462 e. The van der Waals surface area contributed by atoms with Crippen molar-refractivity contribution in [3.05, 3.63) is 53.0 Å². The minimum Gasteiger partial charge on any atom is -0.462 e. The summed E-state index contributed by atoms with van der Waals surface area (Å²) in [5.41, 5.74) is 1.53. The lowest BCUT2D eigenvalue weighted by Crippen LogP contribution is -2.33. The minimum absolute atomic E-state index is 0.0118. The van der Waals surface area contributed by atoms with Gasteiger partial charge in [-0.2, -0.15) is 23.3 Å². The first-order chi connectivity index (χ1) is 17.1. The van der Waals surface area contributed by atoms with Crippen LogP contribution in [0.3, 0.4) is 0 Å². The number of piperidine rings is 1. The Labute approximate surface area is 207 Å². The summed E-state index contributed by atoms with van der Waals surface area (Å²) in [6.07, 6.45) is -1.36. The summed E-state index contributed by atoms with van der Waals surface area (Å²) in [5.74, 6) is 0.0846. The molecule has 4 rings (SSSR count). The number of esters is 1. The second-order valence-electron chi connectivity index (χ2n) is 9.02. The van der Waals surface area contributed by atoms with Crippen molar-refractivity contribution in [2.75, 3.05) is 29.9 Å². The van der Waals surface area contributed by atoms with Crippen LogP contribution in [0.2, 0.25) is 0 Å².